The molecule has 0 atom stereocenters. The van der Waals surface area contributed by atoms with E-state index in [-0.39, 0.29) is 43.2 Å². The summed E-state index contributed by atoms with van der Waals surface area (Å²) < 4.78 is 0. The molecule has 1 aromatic carbocycles. The third-order valence-electron chi connectivity index (χ3n) is 4.21. The number of halogens is 1. The molecule has 10 heteroatoms. The molecular formula is C18H19ClN4O4S. The molecule has 2 saturated heterocycles. The smallest absolute Gasteiger partial charge is 0.293 e. The van der Waals surface area contributed by atoms with Gasteiger partial charge in [-0.05, 0) is 29.5 Å². The van der Waals surface area contributed by atoms with Crippen molar-refractivity contribution in [1.82, 2.24) is 20.4 Å². The maximum atomic E-state index is 12.5. The van der Waals surface area contributed by atoms with Crippen LogP contribution < -0.4 is 10.6 Å². The minimum absolute atomic E-state index is 0.0801. The highest BCUT2D eigenvalue weighted by molar-refractivity contribution is 8.18. The summed E-state index contributed by atoms with van der Waals surface area (Å²) in [7, 11) is 0. The molecule has 0 aliphatic carbocycles. The van der Waals surface area contributed by atoms with E-state index in [0.29, 0.717) is 28.6 Å². The van der Waals surface area contributed by atoms with E-state index in [9.17, 15) is 19.2 Å². The summed E-state index contributed by atoms with van der Waals surface area (Å²) in [4.78, 5) is 51.0. The number of thioether (sulfide) groups is 1. The molecular weight excluding hydrogens is 404 g/mol. The summed E-state index contributed by atoms with van der Waals surface area (Å²) >= 11 is 6.94. The van der Waals surface area contributed by atoms with Gasteiger partial charge in [0.15, 0.2) is 0 Å². The first-order valence-electron chi connectivity index (χ1n) is 8.69. The first-order valence-corrected chi connectivity index (χ1v) is 9.89. The van der Waals surface area contributed by atoms with Crippen LogP contribution in [-0.4, -0.2) is 72.0 Å². The van der Waals surface area contributed by atoms with Crippen LogP contribution in [0.5, 0.6) is 0 Å². The molecule has 0 bridgehead atoms. The number of carbonyl (C=O) groups is 4. The fraction of sp³-hybridized carbons (Fsp3) is 0.333. The number of carbonyl (C=O) groups excluding carboxylic acids is 4. The molecule has 1 aromatic rings. The Morgan fingerprint density at radius 3 is 2.82 bits per heavy atom. The van der Waals surface area contributed by atoms with Crippen molar-refractivity contribution < 1.29 is 19.2 Å². The number of piperazine rings is 1. The fourth-order valence-corrected chi connectivity index (χ4v) is 3.86. The van der Waals surface area contributed by atoms with Gasteiger partial charge in [0.1, 0.15) is 0 Å². The second kappa shape index (κ2) is 9.22. The normalized spacial score (nSPS) is 19.2. The SMILES string of the molecule is O=C1CN(CC(=O)NCCN2C(=O)S/C(=C\c3ccccc3Cl)C2=O)CCN1. The second-order valence-electron chi connectivity index (χ2n) is 6.27. The Morgan fingerprint density at radius 2 is 2.07 bits per heavy atom. The molecule has 0 saturated carbocycles. The van der Waals surface area contributed by atoms with Gasteiger partial charge in [-0.3, -0.25) is 29.0 Å². The van der Waals surface area contributed by atoms with E-state index < -0.39 is 5.91 Å². The molecule has 4 amide bonds. The summed E-state index contributed by atoms with van der Waals surface area (Å²) in [5, 5.41) is 5.48. The maximum Gasteiger partial charge on any atom is 0.293 e. The van der Waals surface area contributed by atoms with Crippen molar-refractivity contribution in [2.75, 3.05) is 39.3 Å². The number of rotatable bonds is 6. The van der Waals surface area contributed by atoms with Crippen LogP contribution in [0.15, 0.2) is 29.2 Å². The van der Waals surface area contributed by atoms with Crippen LogP contribution in [0.25, 0.3) is 6.08 Å². The van der Waals surface area contributed by atoms with Gasteiger partial charge in [0.2, 0.25) is 11.8 Å². The number of benzene rings is 1. The minimum Gasteiger partial charge on any atom is -0.354 e. The minimum atomic E-state index is -0.406. The quantitative estimate of drug-likeness (QED) is 0.661. The molecule has 28 heavy (non-hydrogen) atoms. The van der Waals surface area contributed by atoms with E-state index in [4.69, 9.17) is 11.6 Å². The number of hydrogen-bond donors (Lipinski definition) is 2. The van der Waals surface area contributed by atoms with Crippen LogP contribution in [0.2, 0.25) is 5.02 Å². The lowest BCUT2D eigenvalue weighted by Crippen LogP contribution is -2.51. The van der Waals surface area contributed by atoms with Crippen LogP contribution >= 0.6 is 23.4 Å². The standard InChI is InChI=1S/C18H19ClN4O4S/c19-13-4-2-1-3-12(13)9-14-17(26)23(18(27)28-14)8-6-21-16(25)11-22-7-5-20-15(24)10-22/h1-4,9H,5-8,10-11H2,(H,20,24)(H,21,25)/b14-9-. The van der Waals surface area contributed by atoms with Gasteiger partial charge in [-0.25, -0.2) is 0 Å². The number of imide groups is 1. The van der Waals surface area contributed by atoms with Crippen LogP contribution in [0.3, 0.4) is 0 Å². The Morgan fingerprint density at radius 1 is 1.29 bits per heavy atom. The predicted molar refractivity (Wildman–Crippen MR) is 107 cm³/mol. The van der Waals surface area contributed by atoms with Gasteiger partial charge in [0, 0.05) is 31.2 Å². The van der Waals surface area contributed by atoms with Gasteiger partial charge in [-0.1, -0.05) is 29.8 Å². The highest BCUT2D eigenvalue weighted by Gasteiger charge is 2.34. The van der Waals surface area contributed by atoms with Crippen molar-refractivity contribution in [2.24, 2.45) is 0 Å². The van der Waals surface area contributed by atoms with E-state index in [0.717, 1.165) is 16.7 Å². The van der Waals surface area contributed by atoms with E-state index >= 15 is 0 Å². The number of nitrogens with one attached hydrogen (secondary N) is 2. The molecule has 0 unspecified atom stereocenters. The number of hydrogen-bond acceptors (Lipinski definition) is 6. The zero-order chi connectivity index (χ0) is 20.1. The van der Waals surface area contributed by atoms with Crippen molar-refractivity contribution in [2.45, 2.75) is 0 Å². The molecule has 0 radical (unpaired) electrons. The second-order valence-corrected chi connectivity index (χ2v) is 7.67. The third-order valence-corrected chi connectivity index (χ3v) is 5.46. The van der Waals surface area contributed by atoms with Crippen molar-refractivity contribution in [1.29, 1.82) is 0 Å². The Hall–Kier alpha value is -2.36. The number of nitrogens with zero attached hydrogens (tertiary/aromatic N) is 2. The van der Waals surface area contributed by atoms with Crippen molar-refractivity contribution in [3.63, 3.8) is 0 Å². The van der Waals surface area contributed by atoms with E-state index in [1.807, 2.05) is 0 Å². The first-order chi connectivity index (χ1) is 13.4. The summed E-state index contributed by atoms with van der Waals surface area (Å²) in [5.74, 6) is -0.771. The summed E-state index contributed by atoms with van der Waals surface area (Å²) in [6.07, 6.45) is 1.59. The Balaban J connectivity index is 1.50. The van der Waals surface area contributed by atoms with E-state index in [2.05, 4.69) is 10.6 Å². The lowest BCUT2D eigenvalue weighted by molar-refractivity contribution is -0.127. The van der Waals surface area contributed by atoms with Gasteiger partial charge in [0.25, 0.3) is 11.1 Å². The molecule has 0 spiro atoms. The molecule has 2 N–H and O–H groups in total. The van der Waals surface area contributed by atoms with Crippen LogP contribution in [0.1, 0.15) is 5.56 Å². The monoisotopic (exact) mass is 422 g/mol. The molecule has 2 fully saturated rings. The maximum absolute atomic E-state index is 12.5. The van der Waals surface area contributed by atoms with Crippen LogP contribution in [0, 0.1) is 0 Å². The molecule has 148 valence electrons. The molecule has 8 nitrogen and oxygen atoms in total. The Kier molecular flexibility index (Phi) is 6.71. The number of amides is 4. The highest BCUT2D eigenvalue weighted by atomic mass is 35.5. The van der Waals surface area contributed by atoms with Gasteiger partial charge in [-0.2, -0.15) is 0 Å². The lowest BCUT2D eigenvalue weighted by atomic mass is 10.2. The Labute approximate surface area is 171 Å². The highest BCUT2D eigenvalue weighted by Crippen LogP contribution is 2.33. The van der Waals surface area contributed by atoms with Crippen molar-refractivity contribution >= 4 is 52.4 Å². The van der Waals surface area contributed by atoms with Crippen molar-refractivity contribution in [3.05, 3.63) is 39.8 Å². The first kappa shape index (κ1) is 20.4. The van der Waals surface area contributed by atoms with Crippen LogP contribution in [0.4, 0.5) is 4.79 Å². The summed E-state index contributed by atoms with van der Waals surface area (Å²) in [6.45, 7) is 1.63. The molecule has 3 rings (SSSR count). The topological polar surface area (TPSA) is 98.8 Å². The van der Waals surface area contributed by atoms with E-state index in [1.54, 1.807) is 35.2 Å². The largest absolute Gasteiger partial charge is 0.354 e. The average molecular weight is 423 g/mol. The van der Waals surface area contributed by atoms with Gasteiger partial charge in [0.05, 0.1) is 18.0 Å². The zero-order valence-electron chi connectivity index (χ0n) is 14.9. The van der Waals surface area contributed by atoms with Gasteiger partial charge < -0.3 is 10.6 Å². The fourth-order valence-electron chi connectivity index (χ4n) is 2.82. The average Bonchev–Trinajstić information content (AvgIpc) is 2.91. The molecule has 2 aliphatic rings. The van der Waals surface area contributed by atoms with Gasteiger partial charge >= 0.3 is 0 Å². The zero-order valence-corrected chi connectivity index (χ0v) is 16.5. The van der Waals surface area contributed by atoms with Crippen LogP contribution in [-0.2, 0) is 14.4 Å². The molecule has 2 heterocycles. The van der Waals surface area contributed by atoms with E-state index in [1.165, 1.54) is 0 Å². The van der Waals surface area contributed by atoms with Crippen molar-refractivity contribution in [3.8, 4) is 0 Å². The molecule has 0 aromatic heterocycles. The summed E-state index contributed by atoms with van der Waals surface area (Å²) in [5.41, 5.74) is 0.661. The third kappa shape index (κ3) is 5.12. The molecule has 2 aliphatic heterocycles. The van der Waals surface area contributed by atoms with Gasteiger partial charge in [-0.15, -0.1) is 0 Å². The lowest BCUT2D eigenvalue weighted by Gasteiger charge is -2.25. The predicted octanol–water partition coefficient (Wildman–Crippen LogP) is 0.924. The summed E-state index contributed by atoms with van der Waals surface area (Å²) in [6, 6.07) is 7.05. The Bertz CT molecular complexity index is 845.